The lowest BCUT2D eigenvalue weighted by molar-refractivity contribution is -0.122. The molecule has 0 spiro atoms. The molecule has 53 heavy (non-hydrogen) atoms. The fourth-order valence-corrected chi connectivity index (χ4v) is 5.51. The molecule has 4 N–H and O–H groups in total. The van der Waals surface area contributed by atoms with E-state index in [1.165, 1.54) is 14.2 Å². The molecule has 1 atom stereocenters. The lowest BCUT2D eigenvalue weighted by atomic mass is 10.0. The van der Waals surface area contributed by atoms with Gasteiger partial charge in [-0.05, 0) is 68.7 Å². The van der Waals surface area contributed by atoms with Gasteiger partial charge in [0.2, 0.25) is 5.91 Å². The second-order valence-electron chi connectivity index (χ2n) is 13.6. The Morgan fingerprint density at radius 3 is 2.15 bits per heavy atom. The second-order valence-corrected chi connectivity index (χ2v) is 13.6. The molecule has 13 nitrogen and oxygen atoms in total. The first-order chi connectivity index (χ1) is 25.5. The van der Waals surface area contributed by atoms with Crippen LogP contribution in [0, 0.1) is 0 Å². The molecule has 5 rings (SSSR count). The Hall–Kier alpha value is -5.43. The molecule has 13 heteroatoms. The number of benzene rings is 2. The maximum absolute atomic E-state index is 12.7. The molecule has 0 aliphatic carbocycles. The summed E-state index contributed by atoms with van der Waals surface area (Å²) >= 11 is 0. The van der Waals surface area contributed by atoms with E-state index in [0.29, 0.717) is 45.0 Å². The normalized spacial score (nSPS) is 15.7. The second kappa shape index (κ2) is 20.0. The molecule has 1 aliphatic rings. The lowest BCUT2D eigenvalue weighted by Gasteiger charge is -2.26. The zero-order valence-corrected chi connectivity index (χ0v) is 31.7. The highest BCUT2D eigenvalue weighted by atomic mass is 16.6. The third-order valence-corrected chi connectivity index (χ3v) is 8.20. The van der Waals surface area contributed by atoms with Crippen LogP contribution in [0.1, 0.15) is 77.5 Å². The van der Waals surface area contributed by atoms with Crippen LogP contribution < -0.4 is 10.6 Å². The van der Waals surface area contributed by atoms with Gasteiger partial charge in [-0.2, -0.15) is 0 Å². The molecular formula is C40H53N7O6. The molecule has 3 amide bonds. The van der Waals surface area contributed by atoms with Gasteiger partial charge < -0.3 is 39.7 Å². The number of hydrogen-bond acceptors (Lipinski definition) is 8. The molecule has 2 aromatic heterocycles. The maximum Gasteiger partial charge on any atom is 0.410 e. The summed E-state index contributed by atoms with van der Waals surface area (Å²) in [6.45, 7) is 9.70. The zero-order chi connectivity index (χ0) is 38.2. The molecule has 1 unspecified atom stereocenters. The van der Waals surface area contributed by atoms with Gasteiger partial charge in [-0.15, -0.1) is 0 Å². The van der Waals surface area contributed by atoms with Crippen molar-refractivity contribution in [1.29, 1.82) is 0 Å². The van der Waals surface area contributed by atoms with Crippen molar-refractivity contribution in [2.45, 2.75) is 78.0 Å². The third-order valence-electron chi connectivity index (χ3n) is 8.20. The number of allylic oxidation sites excluding steroid dienone is 1. The number of methoxy groups -OCH3 is 1. The first-order valence-corrected chi connectivity index (χ1v) is 18.0. The molecule has 0 bridgehead atoms. The van der Waals surface area contributed by atoms with Gasteiger partial charge in [0, 0.05) is 26.6 Å². The topological polar surface area (TPSA) is 164 Å². The van der Waals surface area contributed by atoms with Crippen molar-refractivity contribution in [3.05, 3.63) is 84.7 Å². The molecule has 284 valence electrons. The molecule has 1 aliphatic heterocycles. The van der Waals surface area contributed by atoms with Crippen molar-refractivity contribution in [3.8, 4) is 33.6 Å². The Kier molecular flexibility index (Phi) is 15.2. The average Bonchev–Trinajstić information content (AvgIpc) is 3.83. The van der Waals surface area contributed by atoms with Gasteiger partial charge in [0.05, 0.1) is 50.1 Å². The predicted molar refractivity (Wildman–Crippen MR) is 205 cm³/mol. The van der Waals surface area contributed by atoms with Crippen LogP contribution in [0.3, 0.4) is 0 Å². The van der Waals surface area contributed by atoms with Gasteiger partial charge in [-0.1, -0.05) is 67.6 Å². The Morgan fingerprint density at radius 1 is 0.943 bits per heavy atom. The summed E-state index contributed by atoms with van der Waals surface area (Å²) in [5.41, 5.74) is 5.44. The van der Waals surface area contributed by atoms with Crippen LogP contribution in [-0.2, 0) is 25.5 Å². The highest BCUT2D eigenvalue weighted by Gasteiger charge is 2.23. The number of aromatic amines is 2. The fraction of sp³-hybridized carbons (Fsp3) is 0.425. The predicted octanol–water partition coefficient (Wildman–Crippen LogP) is 7.56. The molecule has 4 aromatic rings. The van der Waals surface area contributed by atoms with E-state index in [0.717, 1.165) is 58.7 Å². The van der Waals surface area contributed by atoms with E-state index >= 15 is 0 Å². The maximum atomic E-state index is 12.7. The number of amides is 3. The van der Waals surface area contributed by atoms with Crippen molar-refractivity contribution >= 4 is 18.1 Å². The molecular weight excluding hydrogens is 674 g/mol. The van der Waals surface area contributed by atoms with Gasteiger partial charge in [-0.3, -0.25) is 4.79 Å². The number of rotatable bonds is 8. The summed E-state index contributed by atoms with van der Waals surface area (Å²) < 4.78 is 15.4. The Bertz CT molecular complexity index is 1770. The standard InChI is InChI=1S/C37H46N6O4.C3H7NO2/c1-5-20-43(36(45)47-37(2,3)4)25-33-38-23-31(40-33)28-15-11-26(12-16-28)27-13-17-29(18-14-27)32-24-39-35(42-32)30-19-22-46-21-9-7-6-8-10-34(44)41-30;1-4-3(5)6-2/h7,9,11-18,23-24,30H,5-6,8,10,19-22,25H2,1-4H3,(H,38,40)(H,39,42)(H,41,44);1-2H3,(H,4,5)/b9-7-;. The zero-order valence-electron chi connectivity index (χ0n) is 31.7. The van der Waals surface area contributed by atoms with Gasteiger partial charge in [-0.25, -0.2) is 19.6 Å². The third kappa shape index (κ3) is 12.9. The van der Waals surface area contributed by atoms with Crippen LogP contribution in [0.2, 0.25) is 0 Å². The van der Waals surface area contributed by atoms with Crippen LogP contribution in [0.4, 0.5) is 9.59 Å². The number of hydrogen-bond donors (Lipinski definition) is 4. The van der Waals surface area contributed by atoms with Crippen LogP contribution in [0.5, 0.6) is 0 Å². The number of ether oxygens (including phenoxy) is 3. The molecule has 3 heterocycles. The number of alkyl carbamates (subject to hydrolysis) is 1. The number of nitrogens with zero attached hydrogens (tertiary/aromatic N) is 3. The number of carbonyl (C=O) groups is 3. The summed E-state index contributed by atoms with van der Waals surface area (Å²) in [7, 11) is 2.82. The van der Waals surface area contributed by atoms with Crippen molar-refractivity contribution in [2.75, 3.05) is 33.9 Å². The van der Waals surface area contributed by atoms with Crippen LogP contribution in [0.15, 0.2) is 73.1 Å². The summed E-state index contributed by atoms with van der Waals surface area (Å²) in [5, 5.41) is 5.38. The van der Waals surface area contributed by atoms with Crippen LogP contribution in [0.25, 0.3) is 33.6 Å². The number of nitrogens with one attached hydrogen (secondary N) is 4. The SMILES string of the molecule is CCCN(Cc1ncc(-c2ccc(-c3ccc(-c4cnc(C5CCOC/C=C\CCCC(=O)N5)[nH]4)cc3)cc2)[nH]1)C(=O)OC(C)(C)C.CNC(=O)OC. The van der Waals surface area contributed by atoms with Gasteiger partial charge >= 0.3 is 12.2 Å². The van der Waals surface area contributed by atoms with Crippen molar-refractivity contribution in [2.24, 2.45) is 0 Å². The largest absolute Gasteiger partial charge is 0.453 e. The first-order valence-electron chi connectivity index (χ1n) is 18.0. The minimum Gasteiger partial charge on any atom is -0.453 e. The van der Waals surface area contributed by atoms with Crippen molar-refractivity contribution in [1.82, 2.24) is 35.5 Å². The van der Waals surface area contributed by atoms with E-state index in [-0.39, 0.29) is 18.0 Å². The van der Waals surface area contributed by atoms with Gasteiger partial charge in [0.25, 0.3) is 0 Å². The van der Waals surface area contributed by atoms with E-state index in [1.54, 1.807) is 11.1 Å². The Morgan fingerprint density at radius 2 is 1.57 bits per heavy atom. The lowest BCUT2D eigenvalue weighted by Crippen LogP contribution is -2.37. The summed E-state index contributed by atoms with van der Waals surface area (Å²) in [5.74, 6) is 1.47. The first kappa shape index (κ1) is 40.3. The fourth-order valence-electron chi connectivity index (χ4n) is 5.51. The number of imidazole rings is 2. The monoisotopic (exact) mass is 727 g/mol. The van der Waals surface area contributed by atoms with Crippen LogP contribution in [-0.4, -0.2) is 82.4 Å². The van der Waals surface area contributed by atoms with Crippen molar-refractivity contribution < 1.29 is 28.6 Å². The van der Waals surface area contributed by atoms with E-state index in [4.69, 9.17) is 9.47 Å². The van der Waals surface area contributed by atoms with Crippen LogP contribution >= 0.6 is 0 Å². The number of carbonyl (C=O) groups excluding carboxylic acids is 3. The van der Waals surface area contributed by atoms with E-state index < -0.39 is 11.7 Å². The number of H-pyrrole nitrogens is 2. The molecule has 0 saturated heterocycles. The summed E-state index contributed by atoms with van der Waals surface area (Å²) in [6.07, 6.45) is 10.6. The highest BCUT2D eigenvalue weighted by Crippen LogP contribution is 2.28. The molecule has 0 fully saturated rings. The minimum atomic E-state index is -0.552. The molecule has 0 saturated carbocycles. The van der Waals surface area contributed by atoms with Crippen molar-refractivity contribution in [3.63, 3.8) is 0 Å². The minimum absolute atomic E-state index is 0.0297. The quantitative estimate of drug-likeness (QED) is 0.135. The van der Waals surface area contributed by atoms with E-state index in [2.05, 4.69) is 89.9 Å². The summed E-state index contributed by atoms with van der Waals surface area (Å²) in [6, 6.07) is 16.4. The molecule has 2 aromatic carbocycles. The Balaban J connectivity index is 0.000000964. The molecule has 0 radical (unpaired) electrons. The van der Waals surface area contributed by atoms with E-state index in [1.807, 2.05) is 40.0 Å². The van der Waals surface area contributed by atoms with Gasteiger partial charge in [0.1, 0.15) is 17.2 Å². The smallest absolute Gasteiger partial charge is 0.410 e. The van der Waals surface area contributed by atoms with Gasteiger partial charge in [0.15, 0.2) is 0 Å². The summed E-state index contributed by atoms with van der Waals surface area (Å²) in [4.78, 5) is 52.6. The number of aromatic nitrogens is 4. The Labute approximate surface area is 311 Å². The average molecular weight is 728 g/mol. The highest BCUT2D eigenvalue weighted by molar-refractivity contribution is 5.76. The van der Waals surface area contributed by atoms with E-state index in [9.17, 15) is 14.4 Å².